The lowest BCUT2D eigenvalue weighted by Crippen LogP contribution is -2.61. The van der Waals surface area contributed by atoms with Gasteiger partial charge in [0.05, 0.1) is 12.2 Å². The number of aliphatic imine (C=N–C) groups is 1. The number of fused-ring (bicyclic) bond motifs is 1. The van der Waals surface area contributed by atoms with Crippen molar-refractivity contribution in [1.82, 2.24) is 14.7 Å². The standard InChI is InChI=1S/C22H30FN6O2/c1-4-5-10-29-18(24-20-19(29)21(30)26(3)22(31)25(20)2)15-27-11-13-28(14-12-27)17-9-7-6-8-16(17)23/h6-9,19H,4-5,10-15H2,1-3H3/q+1. The molecule has 8 nitrogen and oxygen atoms in total. The van der Waals surface area contributed by atoms with E-state index < -0.39 is 6.04 Å². The number of imide groups is 1. The Morgan fingerprint density at radius 1 is 1.10 bits per heavy atom. The largest absolute Gasteiger partial charge is 0.367 e. The maximum absolute atomic E-state index is 14.1. The van der Waals surface area contributed by atoms with Crippen molar-refractivity contribution < 1.29 is 18.6 Å². The Bertz CT molecular complexity index is 938. The fourth-order valence-corrected chi connectivity index (χ4v) is 4.42. The van der Waals surface area contributed by atoms with Crippen molar-refractivity contribution in [2.75, 3.05) is 58.3 Å². The molecule has 31 heavy (non-hydrogen) atoms. The molecule has 166 valence electrons. The third kappa shape index (κ3) is 3.94. The van der Waals surface area contributed by atoms with Crippen molar-refractivity contribution in [3.05, 3.63) is 30.1 Å². The van der Waals surface area contributed by atoms with Crippen LogP contribution in [0.3, 0.4) is 0 Å². The Kier molecular flexibility index (Phi) is 6.04. The minimum atomic E-state index is -0.533. The molecule has 3 heterocycles. The molecule has 3 aliphatic rings. The maximum Gasteiger partial charge on any atom is 0.333 e. The summed E-state index contributed by atoms with van der Waals surface area (Å²) in [6, 6.07) is 5.98. The fraction of sp³-hybridized carbons (Fsp3) is 0.545. The third-order valence-corrected chi connectivity index (χ3v) is 6.30. The lowest BCUT2D eigenvalue weighted by molar-refractivity contribution is -0.536. The van der Waals surface area contributed by atoms with Crippen LogP contribution >= 0.6 is 0 Å². The van der Waals surface area contributed by atoms with Gasteiger partial charge in [0.1, 0.15) is 12.4 Å². The van der Waals surface area contributed by atoms with Gasteiger partial charge in [-0.2, -0.15) is 0 Å². The zero-order valence-electron chi connectivity index (χ0n) is 18.4. The van der Waals surface area contributed by atoms with Crippen molar-refractivity contribution in [3.63, 3.8) is 0 Å². The third-order valence-electron chi connectivity index (χ3n) is 6.30. The number of urea groups is 1. The van der Waals surface area contributed by atoms with E-state index in [0.717, 1.165) is 51.4 Å². The Morgan fingerprint density at radius 3 is 2.48 bits per heavy atom. The Hall–Kier alpha value is -2.81. The molecule has 0 N–H and O–H groups in total. The van der Waals surface area contributed by atoms with Gasteiger partial charge in [-0.15, -0.1) is 0 Å². The highest BCUT2D eigenvalue weighted by atomic mass is 19.1. The molecule has 2 fully saturated rings. The summed E-state index contributed by atoms with van der Waals surface area (Å²) in [5.41, 5.74) is 0.639. The van der Waals surface area contributed by atoms with Crippen LogP contribution in [0, 0.1) is 5.82 Å². The number of carbonyl (C=O) groups excluding carboxylic acids is 2. The van der Waals surface area contributed by atoms with Crippen LogP contribution < -0.4 is 4.90 Å². The van der Waals surface area contributed by atoms with Gasteiger partial charge in [0.15, 0.2) is 0 Å². The summed E-state index contributed by atoms with van der Waals surface area (Å²) in [4.78, 5) is 37.0. The maximum atomic E-state index is 14.1. The van der Waals surface area contributed by atoms with E-state index in [1.807, 2.05) is 12.1 Å². The van der Waals surface area contributed by atoms with Gasteiger partial charge in [0.25, 0.3) is 17.8 Å². The van der Waals surface area contributed by atoms with Crippen molar-refractivity contribution in [2.45, 2.75) is 25.8 Å². The van der Waals surface area contributed by atoms with Crippen molar-refractivity contribution in [2.24, 2.45) is 4.99 Å². The predicted molar refractivity (Wildman–Crippen MR) is 117 cm³/mol. The van der Waals surface area contributed by atoms with Crippen LogP contribution in [0.25, 0.3) is 0 Å². The van der Waals surface area contributed by atoms with E-state index in [9.17, 15) is 14.0 Å². The first-order valence-corrected chi connectivity index (χ1v) is 10.9. The highest BCUT2D eigenvalue weighted by Gasteiger charge is 2.52. The molecule has 0 bridgehead atoms. The molecule has 9 heteroatoms. The summed E-state index contributed by atoms with van der Waals surface area (Å²) in [5, 5.41) is 0. The number of piperazine rings is 1. The molecule has 2 saturated heterocycles. The van der Waals surface area contributed by atoms with Crippen molar-refractivity contribution in [3.8, 4) is 0 Å². The summed E-state index contributed by atoms with van der Waals surface area (Å²) in [5.74, 6) is 0.926. The molecule has 3 amide bonds. The molecule has 4 rings (SSSR count). The highest BCUT2D eigenvalue weighted by molar-refractivity contribution is 6.23. The molecular weight excluding hydrogens is 399 g/mol. The van der Waals surface area contributed by atoms with Gasteiger partial charge in [0, 0.05) is 40.3 Å². The number of para-hydroxylation sites is 1. The molecule has 0 spiro atoms. The molecule has 1 aromatic rings. The summed E-state index contributed by atoms with van der Waals surface area (Å²) in [7, 11) is 3.20. The first-order valence-electron chi connectivity index (χ1n) is 10.9. The number of benzene rings is 1. The van der Waals surface area contributed by atoms with E-state index in [1.54, 1.807) is 13.1 Å². The SMILES string of the molecule is CCCC[N+]1=C(CN2CCN(c3ccccc3F)CC2)N=C2C1C(=O)N(C)C(=O)N2C. The quantitative estimate of drug-likeness (QED) is 0.643. The number of unbranched alkanes of at least 4 members (excludes halogenated alkanes) is 1. The average Bonchev–Trinajstić information content (AvgIpc) is 3.14. The van der Waals surface area contributed by atoms with Crippen LogP contribution in [0.5, 0.6) is 0 Å². The number of rotatable bonds is 6. The number of likely N-dealkylation sites (N-methyl/N-ethyl adjacent to an activating group) is 2. The highest BCUT2D eigenvalue weighted by Crippen LogP contribution is 2.22. The van der Waals surface area contributed by atoms with Crippen LogP contribution in [0.1, 0.15) is 19.8 Å². The van der Waals surface area contributed by atoms with E-state index in [-0.39, 0.29) is 17.8 Å². The van der Waals surface area contributed by atoms with Gasteiger partial charge in [-0.25, -0.2) is 13.8 Å². The monoisotopic (exact) mass is 429 g/mol. The molecule has 0 radical (unpaired) electrons. The van der Waals surface area contributed by atoms with Gasteiger partial charge in [0.2, 0.25) is 0 Å². The number of hydrogen-bond donors (Lipinski definition) is 0. The Labute approximate surface area is 182 Å². The number of hydrogen-bond acceptors (Lipinski definition) is 5. The first kappa shape index (κ1) is 21.4. The van der Waals surface area contributed by atoms with Gasteiger partial charge >= 0.3 is 11.9 Å². The minimum absolute atomic E-state index is 0.197. The first-order chi connectivity index (χ1) is 14.9. The van der Waals surface area contributed by atoms with Crippen LogP contribution in [0.2, 0.25) is 0 Å². The number of halogens is 1. The lowest BCUT2D eigenvalue weighted by Gasteiger charge is -2.35. The molecule has 1 unspecified atom stereocenters. The van der Waals surface area contributed by atoms with E-state index in [2.05, 4.69) is 21.3 Å². The van der Waals surface area contributed by atoms with Crippen LogP contribution in [0.15, 0.2) is 29.3 Å². The molecule has 0 aromatic heterocycles. The number of carbonyl (C=O) groups is 2. The van der Waals surface area contributed by atoms with Gasteiger partial charge in [-0.1, -0.05) is 25.5 Å². The van der Waals surface area contributed by atoms with Gasteiger partial charge < -0.3 is 4.90 Å². The van der Waals surface area contributed by atoms with E-state index in [0.29, 0.717) is 18.1 Å². The van der Waals surface area contributed by atoms with E-state index >= 15 is 0 Å². The van der Waals surface area contributed by atoms with Crippen molar-refractivity contribution in [1.29, 1.82) is 0 Å². The van der Waals surface area contributed by atoms with Crippen LogP contribution in [-0.2, 0) is 4.79 Å². The second kappa shape index (κ2) is 8.74. The normalized spacial score (nSPS) is 22.4. The number of amidine groups is 2. The van der Waals surface area contributed by atoms with E-state index in [1.165, 1.54) is 22.9 Å². The number of nitrogens with zero attached hydrogens (tertiary/aromatic N) is 6. The Balaban J connectivity index is 1.51. The molecular formula is C22H30FN6O2+. The van der Waals surface area contributed by atoms with Crippen LogP contribution in [0.4, 0.5) is 14.9 Å². The average molecular weight is 430 g/mol. The molecule has 0 saturated carbocycles. The second-order valence-corrected chi connectivity index (χ2v) is 8.29. The van der Waals surface area contributed by atoms with Gasteiger partial charge in [-0.3, -0.25) is 19.5 Å². The number of amides is 3. The molecule has 3 aliphatic heterocycles. The summed E-state index contributed by atoms with van der Waals surface area (Å²) < 4.78 is 16.2. The molecule has 1 aromatic carbocycles. The van der Waals surface area contributed by atoms with Crippen LogP contribution in [-0.4, -0.2) is 102 Å². The second-order valence-electron chi connectivity index (χ2n) is 8.29. The summed E-state index contributed by atoms with van der Waals surface area (Å²) in [6.07, 6.45) is 1.95. The summed E-state index contributed by atoms with van der Waals surface area (Å²) >= 11 is 0. The van der Waals surface area contributed by atoms with Crippen molar-refractivity contribution >= 4 is 29.3 Å². The number of anilines is 1. The Morgan fingerprint density at radius 2 is 1.81 bits per heavy atom. The zero-order valence-corrected chi connectivity index (χ0v) is 18.4. The summed E-state index contributed by atoms with van der Waals surface area (Å²) in [6.45, 7) is 6.44. The smallest absolute Gasteiger partial charge is 0.333 e. The minimum Gasteiger partial charge on any atom is -0.367 e. The molecule has 0 aliphatic carbocycles. The molecule has 1 atom stereocenters. The zero-order chi connectivity index (χ0) is 22.1. The topological polar surface area (TPSA) is 62.5 Å². The lowest BCUT2D eigenvalue weighted by atomic mass is 10.1. The fourth-order valence-electron chi connectivity index (χ4n) is 4.42. The van der Waals surface area contributed by atoms with Gasteiger partial charge in [-0.05, 0) is 23.5 Å². The predicted octanol–water partition coefficient (Wildman–Crippen LogP) is 1.46. The van der Waals surface area contributed by atoms with E-state index in [4.69, 9.17) is 4.99 Å².